The molecule has 1 aliphatic rings. The van der Waals surface area contributed by atoms with Gasteiger partial charge in [0.15, 0.2) is 5.13 Å². The highest BCUT2D eigenvalue weighted by Gasteiger charge is 2.21. The summed E-state index contributed by atoms with van der Waals surface area (Å²) in [6.07, 6.45) is 4.64. The highest BCUT2D eigenvalue weighted by atomic mass is 32.1. The molecular formula is C13H22N4O2S. The summed E-state index contributed by atoms with van der Waals surface area (Å²) in [5.41, 5.74) is 5.79. The Labute approximate surface area is 122 Å². The fraction of sp³-hybridized carbons (Fsp3) is 0.692. The molecule has 0 spiro atoms. The number of nitrogen functional groups attached to an aromatic ring is 1. The molecule has 20 heavy (non-hydrogen) atoms. The molecule has 1 atom stereocenters. The van der Waals surface area contributed by atoms with Gasteiger partial charge >= 0.3 is 0 Å². The molecule has 6 nitrogen and oxygen atoms in total. The zero-order valence-electron chi connectivity index (χ0n) is 11.7. The van der Waals surface area contributed by atoms with Gasteiger partial charge in [-0.05, 0) is 39.0 Å². The Bertz CT molecular complexity index is 457. The van der Waals surface area contributed by atoms with Crippen molar-refractivity contribution in [1.82, 2.24) is 10.3 Å². The fourth-order valence-electron chi connectivity index (χ4n) is 1.96. The molecule has 5 N–H and O–H groups in total. The maximum atomic E-state index is 12.0. The molecule has 1 saturated carbocycles. The number of aliphatic hydroxyl groups excluding tert-OH is 1. The smallest absolute Gasteiger partial charge is 0.265 e. The largest absolute Gasteiger partial charge is 0.393 e. The third-order valence-electron chi connectivity index (χ3n) is 3.38. The molecule has 0 aromatic carbocycles. The van der Waals surface area contributed by atoms with Crippen LogP contribution in [0.3, 0.4) is 0 Å². The van der Waals surface area contributed by atoms with Crippen molar-refractivity contribution in [3.05, 3.63) is 4.88 Å². The standard InChI is InChI=1S/C13H22N4O2S/c1-8(18)4-3-7-15-12(19)10-11(14)17-13(20-10)16-9-5-2-6-9/h8-9,18H,2-7,14H2,1H3,(H,15,19)(H,16,17). The Morgan fingerprint density at radius 1 is 1.60 bits per heavy atom. The zero-order chi connectivity index (χ0) is 14.5. The van der Waals surface area contributed by atoms with Crippen LogP contribution in [0.4, 0.5) is 10.9 Å². The first-order valence-electron chi connectivity index (χ1n) is 7.05. The SMILES string of the molecule is CC(O)CCCNC(=O)c1sc(NC2CCC2)nc1N. The average Bonchev–Trinajstić information content (AvgIpc) is 2.70. The highest BCUT2D eigenvalue weighted by molar-refractivity contribution is 7.18. The molecule has 2 rings (SSSR count). The summed E-state index contributed by atoms with van der Waals surface area (Å²) in [7, 11) is 0. The van der Waals surface area contributed by atoms with Gasteiger partial charge in [-0.15, -0.1) is 0 Å². The van der Waals surface area contributed by atoms with Crippen LogP contribution in [0.2, 0.25) is 0 Å². The van der Waals surface area contributed by atoms with Crippen molar-refractivity contribution in [2.24, 2.45) is 0 Å². The van der Waals surface area contributed by atoms with E-state index >= 15 is 0 Å². The van der Waals surface area contributed by atoms with Crippen LogP contribution in [0.15, 0.2) is 0 Å². The summed E-state index contributed by atoms with van der Waals surface area (Å²) in [5.74, 6) is 0.0945. The number of amides is 1. The van der Waals surface area contributed by atoms with E-state index in [-0.39, 0.29) is 17.8 Å². The number of hydrogen-bond acceptors (Lipinski definition) is 6. The number of thiazole rings is 1. The fourth-order valence-corrected chi connectivity index (χ4v) is 2.84. The Balaban J connectivity index is 1.82. The van der Waals surface area contributed by atoms with E-state index in [2.05, 4.69) is 15.6 Å². The van der Waals surface area contributed by atoms with Crippen molar-refractivity contribution in [3.8, 4) is 0 Å². The number of nitrogens with two attached hydrogens (primary N) is 1. The Hall–Kier alpha value is -1.34. The van der Waals surface area contributed by atoms with E-state index in [0.717, 1.165) is 24.4 Å². The maximum absolute atomic E-state index is 12.0. The van der Waals surface area contributed by atoms with Crippen molar-refractivity contribution < 1.29 is 9.90 Å². The van der Waals surface area contributed by atoms with Gasteiger partial charge < -0.3 is 21.5 Å². The van der Waals surface area contributed by atoms with Gasteiger partial charge in [0.1, 0.15) is 10.7 Å². The van der Waals surface area contributed by atoms with E-state index in [1.165, 1.54) is 17.8 Å². The van der Waals surface area contributed by atoms with Gasteiger partial charge in [0.2, 0.25) is 0 Å². The molecule has 112 valence electrons. The van der Waals surface area contributed by atoms with E-state index < -0.39 is 0 Å². The Morgan fingerprint density at radius 3 is 2.95 bits per heavy atom. The van der Waals surface area contributed by atoms with Crippen LogP contribution in [0.1, 0.15) is 48.7 Å². The number of carbonyl (C=O) groups is 1. The Kier molecular flexibility index (Phi) is 5.19. The number of nitrogens with one attached hydrogen (secondary N) is 2. The third kappa shape index (κ3) is 4.08. The van der Waals surface area contributed by atoms with Gasteiger partial charge in [-0.2, -0.15) is 0 Å². The molecule has 1 aromatic rings. The molecule has 1 amide bonds. The summed E-state index contributed by atoms with van der Waals surface area (Å²) < 4.78 is 0. The number of hydrogen-bond donors (Lipinski definition) is 4. The lowest BCUT2D eigenvalue weighted by molar-refractivity contribution is 0.0954. The van der Waals surface area contributed by atoms with Crippen LogP contribution < -0.4 is 16.4 Å². The summed E-state index contributed by atoms with van der Waals surface area (Å²) in [4.78, 5) is 16.6. The van der Waals surface area contributed by atoms with E-state index in [9.17, 15) is 4.79 Å². The summed E-state index contributed by atoms with van der Waals surface area (Å²) in [6.45, 7) is 2.27. The minimum Gasteiger partial charge on any atom is -0.393 e. The molecule has 1 aliphatic carbocycles. The Morgan fingerprint density at radius 2 is 2.35 bits per heavy atom. The summed E-state index contributed by atoms with van der Waals surface area (Å²) >= 11 is 1.30. The summed E-state index contributed by atoms with van der Waals surface area (Å²) in [6, 6.07) is 0.475. The monoisotopic (exact) mass is 298 g/mol. The van der Waals surface area contributed by atoms with Crippen molar-refractivity contribution in [3.63, 3.8) is 0 Å². The van der Waals surface area contributed by atoms with E-state index in [4.69, 9.17) is 10.8 Å². The molecule has 0 bridgehead atoms. The topological polar surface area (TPSA) is 100 Å². The molecule has 7 heteroatoms. The number of nitrogens with zero attached hydrogens (tertiary/aromatic N) is 1. The molecule has 1 aromatic heterocycles. The number of aromatic nitrogens is 1. The van der Waals surface area contributed by atoms with Crippen LogP contribution in [-0.4, -0.2) is 34.7 Å². The third-order valence-corrected chi connectivity index (χ3v) is 4.38. The molecular weight excluding hydrogens is 276 g/mol. The van der Waals surface area contributed by atoms with Gasteiger partial charge in [0, 0.05) is 12.6 Å². The van der Waals surface area contributed by atoms with Crippen molar-refractivity contribution in [2.45, 2.75) is 51.2 Å². The van der Waals surface area contributed by atoms with Gasteiger partial charge in [0.05, 0.1) is 6.10 Å². The molecule has 0 saturated heterocycles. The molecule has 1 fully saturated rings. The molecule has 1 heterocycles. The zero-order valence-corrected chi connectivity index (χ0v) is 12.5. The first kappa shape index (κ1) is 15.1. The van der Waals surface area contributed by atoms with E-state index in [1.807, 2.05) is 0 Å². The first-order chi connectivity index (χ1) is 9.56. The second-order valence-corrected chi connectivity index (χ2v) is 6.25. The van der Waals surface area contributed by atoms with Crippen LogP contribution >= 0.6 is 11.3 Å². The van der Waals surface area contributed by atoms with Gasteiger partial charge in [-0.25, -0.2) is 4.98 Å². The molecule has 0 radical (unpaired) electrons. The number of anilines is 2. The minimum absolute atomic E-state index is 0.188. The van der Waals surface area contributed by atoms with Crippen molar-refractivity contribution in [1.29, 1.82) is 0 Å². The lowest BCUT2D eigenvalue weighted by Gasteiger charge is -2.25. The number of aliphatic hydroxyl groups is 1. The predicted octanol–water partition coefficient (Wildman–Crippen LogP) is 1.58. The number of rotatable bonds is 7. The normalized spacial score (nSPS) is 16.5. The van der Waals surface area contributed by atoms with Crippen LogP contribution in [-0.2, 0) is 0 Å². The second-order valence-electron chi connectivity index (χ2n) is 5.25. The van der Waals surface area contributed by atoms with E-state index in [0.29, 0.717) is 23.9 Å². The van der Waals surface area contributed by atoms with Crippen molar-refractivity contribution >= 4 is 28.2 Å². The van der Waals surface area contributed by atoms with Gasteiger partial charge in [-0.1, -0.05) is 11.3 Å². The van der Waals surface area contributed by atoms with Crippen LogP contribution in [0.5, 0.6) is 0 Å². The highest BCUT2D eigenvalue weighted by Crippen LogP contribution is 2.29. The average molecular weight is 298 g/mol. The van der Waals surface area contributed by atoms with Crippen LogP contribution in [0.25, 0.3) is 0 Å². The summed E-state index contributed by atoms with van der Waals surface area (Å²) in [5, 5.41) is 16.0. The van der Waals surface area contributed by atoms with E-state index in [1.54, 1.807) is 6.92 Å². The second kappa shape index (κ2) is 6.90. The first-order valence-corrected chi connectivity index (χ1v) is 7.87. The predicted molar refractivity (Wildman–Crippen MR) is 81.0 cm³/mol. The molecule has 0 aliphatic heterocycles. The quantitative estimate of drug-likeness (QED) is 0.573. The molecule has 1 unspecified atom stereocenters. The lowest BCUT2D eigenvalue weighted by Crippen LogP contribution is -2.26. The van der Waals surface area contributed by atoms with Gasteiger partial charge in [-0.3, -0.25) is 4.79 Å². The van der Waals surface area contributed by atoms with Gasteiger partial charge in [0.25, 0.3) is 5.91 Å². The minimum atomic E-state index is -0.335. The van der Waals surface area contributed by atoms with Crippen LogP contribution in [0, 0.1) is 0 Å². The number of carbonyl (C=O) groups excluding carboxylic acids is 1. The maximum Gasteiger partial charge on any atom is 0.265 e. The van der Waals surface area contributed by atoms with Crippen molar-refractivity contribution in [2.75, 3.05) is 17.6 Å². The lowest BCUT2D eigenvalue weighted by atomic mass is 9.93.